The first-order chi connectivity index (χ1) is 24.3. The summed E-state index contributed by atoms with van der Waals surface area (Å²) in [6.45, 7) is 9.65. The first kappa shape index (κ1) is 45.9. The Bertz CT molecular complexity index is 953. The number of nitrogens with zero attached hydrogens (tertiary/aromatic N) is 1. The van der Waals surface area contributed by atoms with E-state index in [-0.39, 0.29) is 26.4 Å². The zero-order valence-electron chi connectivity index (χ0n) is 28.8. The zero-order valence-corrected chi connectivity index (χ0v) is 28.8. The minimum absolute atomic E-state index is 0.0821. The van der Waals surface area contributed by atoms with Gasteiger partial charge in [-0.15, -0.1) is 0 Å². The van der Waals surface area contributed by atoms with Gasteiger partial charge in [-0.3, -0.25) is 9.69 Å². The summed E-state index contributed by atoms with van der Waals surface area (Å²) in [5, 5.41) is 0. The molecule has 0 fully saturated rings. The highest BCUT2D eigenvalue weighted by molar-refractivity contribution is 5.72. The molecule has 18 heteroatoms. The van der Waals surface area contributed by atoms with Gasteiger partial charge in [-0.25, -0.2) is 13.2 Å². The molecule has 0 amide bonds. The summed E-state index contributed by atoms with van der Waals surface area (Å²) in [5.74, 6) is -14.1. The van der Waals surface area contributed by atoms with Crippen molar-refractivity contribution in [2.45, 2.75) is 25.7 Å². The van der Waals surface area contributed by atoms with Crippen molar-refractivity contribution < 1.29 is 69.4 Å². The van der Waals surface area contributed by atoms with Gasteiger partial charge in [-0.1, -0.05) is 0 Å². The number of halogens is 5. The highest BCUT2D eigenvalue weighted by atomic mass is 19.2. The van der Waals surface area contributed by atoms with Crippen LogP contribution in [0.3, 0.4) is 0 Å². The van der Waals surface area contributed by atoms with Crippen molar-refractivity contribution in [2.75, 3.05) is 138 Å². The predicted molar refractivity (Wildman–Crippen MR) is 171 cm³/mol. The van der Waals surface area contributed by atoms with Gasteiger partial charge in [-0.05, 0) is 19.3 Å². The standard InChI is InChI=1S/C32H54F5N3O10/c33-27-28(34)30(36)32(31(37)29(27)35)50-26(41)4-12-44-18-22-48-24-20-46-16-8-40(7-15-43-11-3-1-2-10-42-13-5-38)9-17-47-21-25-49-23-19-45-14-6-39/h1-25,38-39H2. The molecule has 0 bridgehead atoms. The second kappa shape index (κ2) is 31.6. The number of hydrogen-bond acceptors (Lipinski definition) is 13. The second-order valence-corrected chi connectivity index (χ2v) is 10.5. The summed E-state index contributed by atoms with van der Waals surface area (Å²) in [6.07, 6.45) is 2.47. The van der Waals surface area contributed by atoms with E-state index in [4.69, 9.17) is 49.4 Å². The van der Waals surface area contributed by atoms with Crippen LogP contribution in [0.2, 0.25) is 0 Å². The number of esters is 1. The molecule has 0 unspecified atom stereocenters. The maximum absolute atomic E-state index is 13.6. The number of unbranched alkanes of at least 4 members (excludes halogenated alkanes) is 2. The minimum Gasteiger partial charge on any atom is -0.420 e. The molecule has 0 saturated carbocycles. The topological polar surface area (TPSA) is 155 Å². The third-order valence-corrected chi connectivity index (χ3v) is 6.58. The van der Waals surface area contributed by atoms with Crippen LogP contribution in [0.15, 0.2) is 0 Å². The van der Waals surface area contributed by atoms with Crippen LogP contribution < -0.4 is 16.2 Å². The van der Waals surface area contributed by atoms with Gasteiger partial charge in [-0.2, -0.15) is 8.78 Å². The Morgan fingerprint density at radius 1 is 0.440 bits per heavy atom. The molecular weight excluding hydrogens is 681 g/mol. The lowest BCUT2D eigenvalue weighted by atomic mass is 10.2. The van der Waals surface area contributed by atoms with Crippen LogP contribution in [0.5, 0.6) is 5.75 Å². The Kier molecular flexibility index (Phi) is 29.0. The summed E-state index contributed by atoms with van der Waals surface area (Å²) >= 11 is 0. The zero-order chi connectivity index (χ0) is 36.7. The number of carbonyl (C=O) groups is 1. The van der Waals surface area contributed by atoms with Gasteiger partial charge in [0, 0.05) is 45.9 Å². The predicted octanol–water partition coefficient (Wildman–Crippen LogP) is 2.20. The number of hydrogen-bond donors (Lipinski definition) is 2. The molecule has 292 valence electrons. The summed E-state index contributed by atoms with van der Waals surface area (Å²) in [7, 11) is 0. The van der Waals surface area contributed by atoms with Gasteiger partial charge in [0.2, 0.25) is 34.8 Å². The van der Waals surface area contributed by atoms with E-state index in [1.807, 2.05) is 0 Å². The van der Waals surface area contributed by atoms with E-state index in [1.54, 1.807) is 0 Å². The van der Waals surface area contributed by atoms with Crippen LogP contribution in [-0.2, 0) is 42.7 Å². The lowest BCUT2D eigenvalue weighted by Crippen LogP contribution is -2.34. The molecule has 1 aromatic rings. The maximum Gasteiger partial charge on any atom is 0.313 e. The number of carbonyl (C=O) groups excluding carboxylic acids is 1. The molecule has 0 radical (unpaired) electrons. The fourth-order valence-electron chi connectivity index (χ4n) is 3.95. The fraction of sp³-hybridized carbons (Fsp3) is 0.781. The molecule has 0 aliphatic rings. The second-order valence-electron chi connectivity index (χ2n) is 10.5. The number of ether oxygens (including phenoxy) is 9. The van der Waals surface area contributed by atoms with Crippen LogP contribution in [0.25, 0.3) is 0 Å². The van der Waals surface area contributed by atoms with Crippen molar-refractivity contribution in [3.05, 3.63) is 29.1 Å². The SMILES string of the molecule is NCCOCCCCCOCCN(CCOCCOCCOCCN)CCOCCOCCOCCC(=O)Oc1c(F)c(F)c(F)c(F)c1F. The lowest BCUT2D eigenvalue weighted by molar-refractivity contribution is -0.136. The number of benzene rings is 1. The minimum atomic E-state index is -2.35. The van der Waals surface area contributed by atoms with Gasteiger partial charge < -0.3 is 54.1 Å². The van der Waals surface area contributed by atoms with E-state index in [0.717, 1.165) is 19.3 Å². The van der Waals surface area contributed by atoms with E-state index in [1.165, 1.54) is 0 Å². The van der Waals surface area contributed by atoms with Crippen LogP contribution in [0.1, 0.15) is 25.7 Å². The van der Waals surface area contributed by atoms with E-state index in [9.17, 15) is 26.7 Å². The van der Waals surface area contributed by atoms with Crippen LogP contribution in [-0.4, -0.2) is 149 Å². The first-order valence-electron chi connectivity index (χ1n) is 16.8. The molecule has 0 atom stereocenters. The Hall–Kier alpha value is -2.10. The molecule has 0 spiro atoms. The smallest absolute Gasteiger partial charge is 0.313 e. The van der Waals surface area contributed by atoms with Crippen LogP contribution >= 0.6 is 0 Å². The fourth-order valence-corrected chi connectivity index (χ4v) is 3.95. The van der Waals surface area contributed by atoms with Gasteiger partial charge in [0.05, 0.1) is 98.9 Å². The number of rotatable bonds is 35. The van der Waals surface area contributed by atoms with Crippen molar-refractivity contribution in [2.24, 2.45) is 11.5 Å². The molecule has 0 heterocycles. The van der Waals surface area contributed by atoms with Crippen molar-refractivity contribution in [3.8, 4) is 5.75 Å². The van der Waals surface area contributed by atoms with E-state index in [0.29, 0.717) is 112 Å². The summed E-state index contributed by atoms with van der Waals surface area (Å²) < 4.78 is 115. The molecule has 4 N–H and O–H groups in total. The molecule has 0 aliphatic heterocycles. The van der Waals surface area contributed by atoms with Crippen molar-refractivity contribution in [1.29, 1.82) is 0 Å². The van der Waals surface area contributed by atoms with E-state index >= 15 is 0 Å². The summed E-state index contributed by atoms with van der Waals surface area (Å²) in [5.41, 5.74) is 10.8. The molecular formula is C32H54F5N3O10. The third-order valence-electron chi connectivity index (χ3n) is 6.58. The largest absolute Gasteiger partial charge is 0.420 e. The highest BCUT2D eigenvalue weighted by Crippen LogP contribution is 2.29. The molecule has 0 aromatic heterocycles. The average Bonchev–Trinajstić information content (AvgIpc) is 3.11. The van der Waals surface area contributed by atoms with Crippen LogP contribution in [0, 0.1) is 29.1 Å². The first-order valence-corrected chi connectivity index (χ1v) is 16.8. The molecule has 0 aliphatic carbocycles. The van der Waals surface area contributed by atoms with E-state index < -0.39 is 47.2 Å². The van der Waals surface area contributed by atoms with Crippen molar-refractivity contribution >= 4 is 5.97 Å². The van der Waals surface area contributed by atoms with Crippen molar-refractivity contribution in [3.63, 3.8) is 0 Å². The average molecular weight is 736 g/mol. The Balaban J connectivity index is 2.18. The number of nitrogens with two attached hydrogens (primary N) is 2. The molecule has 1 rings (SSSR count). The Labute approximate surface area is 290 Å². The van der Waals surface area contributed by atoms with Crippen molar-refractivity contribution in [1.82, 2.24) is 4.90 Å². The van der Waals surface area contributed by atoms with Gasteiger partial charge in [0.25, 0.3) is 0 Å². The van der Waals surface area contributed by atoms with Gasteiger partial charge >= 0.3 is 5.97 Å². The quantitative estimate of drug-likeness (QED) is 0.0262. The normalized spacial score (nSPS) is 11.6. The van der Waals surface area contributed by atoms with E-state index in [2.05, 4.69) is 9.64 Å². The van der Waals surface area contributed by atoms with Gasteiger partial charge in [0.15, 0.2) is 0 Å². The third kappa shape index (κ3) is 22.7. The van der Waals surface area contributed by atoms with Gasteiger partial charge in [0.1, 0.15) is 0 Å². The molecule has 50 heavy (non-hydrogen) atoms. The van der Waals surface area contributed by atoms with Crippen LogP contribution in [0.4, 0.5) is 22.0 Å². The summed E-state index contributed by atoms with van der Waals surface area (Å²) in [4.78, 5) is 13.9. The Morgan fingerprint density at radius 3 is 1.22 bits per heavy atom. The molecule has 13 nitrogen and oxygen atoms in total. The lowest BCUT2D eigenvalue weighted by Gasteiger charge is -2.22. The summed E-state index contributed by atoms with van der Waals surface area (Å²) in [6, 6.07) is 0. The highest BCUT2D eigenvalue weighted by Gasteiger charge is 2.28. The monoisotopic (exact) mass is 735 g/mol. The Morgan fingerprint density at radius 2 is 0.780 bits per heavy atom. The molecule has 1 aromatic carbocycles. The maximum atomic E-state index is 13.6. The molecule has 0 saturated heterocycles.